The first kappa shape index (κ1) is 28.4. The molecule has 0 N–H and O–H groups in total. The third-order valence-corrected chi connectivity index (χ3v) is 5.93. The molecule has 0 aliphatic heterocycles. The van der Waals surface area contributed by atoms with Crippen LogP contribution in [0.25, 0.3) is 0 Å². The van der Waals surface area contributed by atoms with Crippen LogP contribution in [0.2, 0.25) is 0 Å². The van der Waals surface area contributed by atoms with E-state index in [-0.39, 0.29) is 33.0 Å². The van der Waals surface area contributed by atoms with Crippen LogP contribution >= 0.6 is 8.58 Å². The van der Waals surface area contributed by atoms with Crippen LogP contribution in [0.4, 0.5) is 0 Å². The zero-order valence-electron chi connectivity index (χ0n) is 20.5. The maximum atomic E-state index is 13.2. The summed E-state index contributed by atoms with van der Waals surface area (Å²) >= 11 is 0. The number of benzene rings is 2. The molecule has 2 aromatic carbocycles. The van der Waals surface area contributed by atoms with Crippen molar-refractivity contribution in [2.24, 2.45) is 11.8 Å². The molecule has 0 aromatic heterocycles. The first-order valence-corrected chi connectivity index (χ1v) is 11.8. The Morgan fingerprint density at radius 3 is 1.94 bits per heavy atom. The van der Waals surface area contributed by atoms with Crippen LogP contribution in [0.3, 0.4) is 0 Å². The van der Waals surface area contributed by atoms with Gasteiger partial charge in [-0.2, -0.15) is 0 Å². The van der Waals surface area contributed by atoms with Crippen LogP contribution in [-0.4, -0.2) is 33.0 Å². The Bertz CT molecular complexity index is 832. The molecule has 0 saturated carbocycles. The third kappa shape index (κ3) is 8.70. The maximum absolute atomic E-state index is 13.2. The molecule has 0 amide bonds. The van der Waals surface area contributed by atoms with Gasteiger partial charge in [-0.3, -0.25) is 4.79 Å². The second-order valence-corrected chi connectivity index (χ2v) is 9.45. The summed E-state index contributed by atoms with van der Waals surface area (Å²) in [5.74, 6) is 3.59. The Hall–Kier alpha value is -1.66. The van der Waals surface area contributed by atoms with E-state index in [1.165, 1.54) is 0 Å². The predicted molar refractivity (Wildman–Crippen MR) is 128 cm³/mol. The SMILES string of the molecule is COc1cccc(OC)c1C(=O)Pc1ccc(OCCC(C)C)cc1OCCC(C)C.[Li+]. The van der Waals surface area contributed by atoms with Gasteiger partial charge >= 0.3 is 18.9 Å². The molecule has 32 heavy (non-hydrogen) atoms. The van der Waals surface area contributed by atoms with Crippen LogP contribution < -0.4 is 43.1 Å². The molecule has 5 nitrogen and oxygen atoms in total. The summed E-state index contributed by atoms with van der Waals surface area (Å²) in [4.78, 5) is 13.2. The van der Waals surface area contributed by atoms with Gasteiger partial charge in [0.15, 0.2) is 5.52 Å². The molecular formula is C25H35LiO5P+. The number of carbonyl (C=O) groups is 1. The average molecular weight is 453 g/mol. The Morgan fingerprint density at radius 2 is 1.41 bits per heavy atom. The van der Waals surface area contributed by atoms with Crippen molar-refractivity contribution in [1.29, 1.82) is 0 Å². The topological polar surface area (TPSA) is 54.0 Å². The molecule has 2 rings (SSSR count). The molecule has 7 heteroatoms. The molecule has 0 spiro atoms. The second kappa shape index (κ2) is 14.5. The van der Waals surface area contributed by atoms with E-state index in [1.807, 2.05) is 18.2 Å². The number of methoxy groups -OCH3 is 2. The maximum Gasteiger partial charge on any atom is 1.00 e. The zero-order valence-corrected chi connectivity index (χ0v) is 21.5. The quantitative estimate of drug-likeness (QED) is 0.345. The predicted octanol–water partition coefficient (Wildman–Crippen LogP) is 2.70. The summed E-state index contributed by atoms with van der Waals surface area (Å²) in [6, 6.07) is 11.1. The number of rotatable bonds is 13. The van der Waals surface area contributed by atoms with Crippen LogP contribution in [0.1, 0.15) is 50.9 Å². The fourth-order valence-electron chi connectivity index (χ4n) is 2.89. The molecule has 0 radical (unpaired) electrons. The van der Waals surface area contributed by atoms with Crippen molar-refractivity contribution >= 4 is 19.4 Å². The van der Waals surface area contributed by atoms with Gasteiger partial charge < -0.3 is 18.9 Å². The molecule has 1 unspecified atom stereocenters. The minimum atomic E-state index is -0.126. The molecule has 2 aromatic rings. The minimum absolute atomic E-state index is 0. The fraction of sp³-hybridized carbons (Fsp3) is 0.480. The van der Waals surface area contributed by atoms with Crippen molar-refractivity contribution in [2.45, 2.75) is 40.5 Å². The van der Waals surface area contributed by atoms with E-state index in [9.17, 15) is 4.79 Å². The van der Waals surface area contributed by atoms with Gasteiger partial charge in [-0.25, -0.2) is 0 Å². The Labute approximate surface area is 206 Å². The first-order valence-electron chi connectivity index (χ1n) is 10.8. The molecule has 1 atom stereocenters. The monoisotopic (exact) mass is 453 g/mol. The summed E-state index contributed by atoms with van der Waals surface area (Å²) in [6.45, 7) is 9.92. The molecule has 170 valence electrons. The number of ether oxygens (including phenoxy) is 4. The van der Waals surface area contributed by atoms with Gasteiger partial charge in [0.05, 0.1) is 27.4 Å². The van der Waals surface area contributed by atoms with Crippen molar-refractivity contribution in [1.82, 2.24) is 0 Å². The van der Waals surface area contributed by atoms with E-state index < -0.39 is 0 Å². The van der Waals surface area contributed by atoms with Crippen LogP contribution in [-0.2, 0) is 0 Å². The molecule has 0 heterocycles. The summed E-state index contributed by atoms with van der Waals surface area (Å²) in [6.07, 6.45) is 1.92. The van der Waals surface area contributed by atoms with Crippen molar-refractivity contribution in [2.75, 3.05) is 27.4 Å². The van der Waals surface area contributed by atoms with E-state index in [0.29, 0.717) is 47.9 Å². The van der Waals surface area contributed by atoms with Gasteiger partial charge in [-0.1, -0.05) is 33.8 Å². The van der Waals surface area contributed by atoms with Gasteiger partial charge in [-0.15, -0.1) is 0 Å². The number of hydrogen-bond acceptors (Lipinski definition) is 5. The fourth-order valence-corrected chi connectivity index (χ4v) is 3.94. The van der Waals surface area contributed by atoms with Crippen molar-refractivity contribution < 1.29 is 42.6 Å². The van der Waals surface area contributed by atoms with Gasteiger partial charge in [0, 0.05) is 11.4 Å². The third-order valence-electron chi connectivity index (χ3n) is 4.77. The van der Waals surface area contributed by atoms with Crippen LogP contribution in [0.5, 0.6) is 23.0 Å². The number of carbonyl (C=O) groups excluding carboxylic acids is 1. The van der Waals surface area contributed by atoms with Crippen molar-refractivity contribution in [3.8, 4) is 23.0 Å². The average Bonchev–Trinajstić information content (AvgIpc) is 2.74. The van der Waals surface area contributed by atoms with E-state index >= 15 is 0 Å². The molecular weight excluding hydrogens is 418 g/mol. The van der Waals surface area contributed by atoms with Crippen molar-refractivity contribution in [3.05, 3.63) is 42.0 Å². The van der Waals surface area contributed by atoms with E-state index in [4.69, 9.17) is 18.9 Å². The summed E-state index contributed by atoms with van der Waals surface area (Å²) in [5, 5.41) is 0.845. The Morgan fingerprint density at radius 1 is 0.844 bits per heavy atom. The minimum Gasteiger partial charge on any atom is -0.496 e. The summed E-state index contributed by atoms with van der Waals surface area (Å²) < 4.78 is 22.8. The normalized spacial score (nSPS) is 11.0. The molecule has 0 aliphatic rings. The van der Waals surface area contributed by atoms with Crippen molar-refractivity contribution in [3.63, 3.8) is 0 Å². The van der Waals surface area contributed by atoms with Gasteiger partial charge in [0.25, 0.3) is 0 Å². The van der Waals surface area contributed by atoms with E-state index in [2.05, 4.69) is 27.7 Å². The van der Waals surface area contributed by atoms with Gasteiger partial charge in [0.1, 0.15) is 28.6 Å². The molecule has 0 fully saturated rings. The number of hydrogen-bond donors (Lipinski definition) is 0. The van der Waals surface area contributed by atoms with E-state index in [0.717, 1.165) is 23.9 Å². The second-order valence-electron chi connectivity index (χ2n) is 8.21. The largest absolute Gasteiger partial charge is 1.00 e. The smallest absolute Gasteiger partial charge is 0.496 e. The Kier molecular flexibility index (Phi) is 12.8. The molecule has 0 aliphatic carbocycles. The zero-order chi connectivity index (χ0) is 22.8. The van der Waals surface area contributed by atoms with Gasteiger partial charge in [0.2, 0.25) is 0 Å². The van der Waals surface area contributed by atoms with Gasteiger partial charge in [-0.05, 0) is 57.5 Å². The summed E-state index contributed by atoms with van der Waals surface area (Å²) in [5.41, 5.74) is 0.396. The van der Waals surface area contributed by atoms with Crippen LogP contribution in [0.15, 0.2) is 36.4 Å². The molecule has 0 saturated heterocycles. The Balaban J connectivity index is 0.00000512. The van der Waals surface area contributed by atoms with Crippen LogP contribution in [0, 0.1) is 11.8 Å². The molecule has 0 bridgehead atoms. The standard InChI is InChI=1S/C25H35O5P.Li/c1-17(2)12-14-29-19-10-11-23(22(16-19)30-15-13-18(3)4)31-25(26)24-20(27-5)8-7-9-21(24)28-6;/h7-11,16-18,31H,12-15H2,1-6H3;/q;+1. The van der Waals surface area contributed by atoms with E-state index in [1.54, 1.807) is 32.4 Å². The summed E-state index contributed by atoms with van der Waals surface area (Å²) in [7, 11) is 2.98. The first-order chi connectivity index (χ1) is 14.8.